The predicted molar refractivity (Wildman–Crippen MR) is 157 cm³/mol. The number of halogens is 1. The first-order valence-electron chi connectivity index (χ1n) is 13.3. The lowest BCUT2D eigenvalue weighted by Crippen LogP contribution is -2.20. The second-order valence-corrected chi connectivity index (χ2v) is 11.2. The monoisotopic (exact) mass is 547 g/mol. The van der Waals surface area contributed by atoms with Gasteiger partial charge in [-0.15, -0.1) is 5.10 Å². The van der Waals surface area contributed by atoms with Gasteiger partial charge in [-0.3, -0.25) is 9.97 Å². The molecule has 3 heterocycles. The van der Waals surface area contributed by atoms with Gasteiger partial charge in [0.2, 0.25) is 0 Å². The average molecular weight is 548 g/mol. The van der Waals surface area contributed by atoms with E-state index in [0.717, 1.165) is 16.5 Å². The molecular weight excluding hydrogens is 517 g/mol. The normalized spacial score (nSPS) is 13.0. The fourth-order valence-corrected chi connectivity index (χ4v) is 4.67. The number of rotatable bonds is 8. The molecule has 0 saturated heterocycles. The van der Waals surface area contributed by atoms with E-state index in [-0.39, 0.29) is 5.41 Å². The molecule has 0 spiro atoms. The van der Waals surface area contributed by atoms with Gasteiger partial charge in [0.1, 0.15) is 24.5 Å². The van der Waals surface area contributed by atoms with Crippen LogP contribution in [0.2, 0.25) is 0 Å². The molecule has 0 bridgehead atoms. The molecule has 206 valence electrons. The highest BCUT2D eigenvalue weighted by Gasteiger charge is 2.23. The van der Waals surface area contributed by atoms with Gasteiger partial charge in [0.25, 0.3) is 0 Å². The van der Waals surface area contributed by atoms with Crippen LogP contribution in [0.4, 0.5) is 15.8 Å². The molecule has 41 heavy (non-hydrogen) atoms. The number of pyridine rings is 2. The minimum absolute atomic E-state index is 0.0493. The highest BCUT2D eigenvalue weighted by molar-refractivity contribution is 5.99. The molecule has 0 aliphatic rings. The summed E-state index contributed by atoms with van der Waals surface area (Å²) in [6, 6.07) is 16.8. The number of benzene rings is 2. The molecule has 5 rings (SSSR count). The SMILES string of the molecule is CC(CF)n1cc([C@@H](Nc2cc(C#N)c3ncc(C#N)c(NCC(C)(C)C)c3c2)c2cccc3ncccc23)nn1. The number of aromatic nitrogens is 5. The third kappa shape index (κ3) is 5.64. The minimum Gasteiger partial charge on any atom is -0.383 e. The smallest absolute Gasteiger partial charge is 0.112 e. The lowest BCUT2D eigenvalue weighted by atomic mass is 9.96. The van der Waals surface area contributed by atoms with Gasteiger partial charge < -0.3 is 10.6 Å². The predicted octanol–water partition coefficient (Wildman–Crippen LogP) is 6.31. The van der Waals surface area contributed by atoms with E-state index in [1.807, 2.05) is 36.4 Å². The lowest BCUT2D eigenvalue weighted by molar-refractivity contribution is 0.351. The molecule has 0 radical (unpaired) electrons. The summed E-state index contributed by atoms with van der Waals surface area (Å²) in [5.41, 5.74) is 4.75. The summed E-state index contributed by atoms with van der Waals surface area (Å²) in [6.45, 7) is 8.07. The molecule has 1 unspecified atom stereocenters. The maximum absolute atomic E-state index is 13.5. The highest BCUT2D eigenvalue weighted by atomic mass is 19.1. The van der Waals surface area contributed by atoms with Crippen LogP contribution in [0.15, 0.2) is 61.1 Å². The van der Waals surface area contributed by atoms with Gasteiger partial charge in [0.15, 0.2) is 0 Å². The lowest BCUT2D eigenvalue weighted by Gasteiger charge is -2.23. The summed E-state index contributed by atoms with van der Waals surface area (Å²) in [5.74, 6) is 0. The maximum atomic E-state index is 13.5. The van der Waals surface area contributed by atoms with E-state index in [0.29, 0.717) is 45.6 Å². The van der Waals surface area contributed by atoms with Crippen LogP contribution in [0.25, 0.3) is 21.8 Å². The zero-order chi connectivity index (χ0) is 29.1. The van der Waals surface area contributed by atoms with Crippen LogP contribution < -0.4 is 10.6 Å². The Balaban J connectivity index is 1.68. The summed E-state index contributed by atoms with van der Waals surface area (Å²) in [5, 5.41) is 37.1. The number of alkyl halides is 1. The summed E-state index contributed by atoms with van der Waals surface area (Å²) in [7, 11) is 0. The van der Waals surface area contributed by atoms with Crippen molar-refractivity contribution in [2.75, 3.05) is 23.9 Å². The Hall–Kier alpha value is -5.09. The molecule has 2 atom stereocenters. The van der Waals surface area contributed by atoms with E-state index < -0.39 is 18.8 Å². The minimum atomic E-state index is -0.576. The number of hydrogen-bond acceptors (Lipinski definition) is 8. The molecule has 0 amide bonds. The molecule has 3 aromatic heterocycles. The van der Waals surface area contributed by atoms with Crippen molar-refractivity contribution in [3.05, 3.63) is 83.4 Å². The average Bonchev–Trinajstić information content (AvgIpc) is 3.47. The third-order valence-electron chi connectivity index (χ3n) is 6.81. The van der Waals surface area contributed by atoms with Crippen LogP contribution in [-0.2, 0) is 0 Å². The molecular formula is C31H30FN9. The molecule has 9 nitrogen and oxygen atoms in total. The van der Waals surface area contributed by atoms with E-state index in [1.165, 1.54) is 10.9 Å². The first-order valence-corrected chi connectivity index (χ1v) is 13.3. The third-order valence-corrected chi connectivity index (χ3v) is 6.81. The standard InChI is InChI=1S/C31H30FN9/c1-19(13-32)41-17-27(39-40-41)30(24-7-5-9-26-23(24)8-6-10-35-26)38-22-11-20(14-33)28-25(12-22)29(21(15-34)16-36-28)37-18-31(2,3)4/h5-12,16-17,19,30,38H,13,18H2,1-4H3,(H,36,37)/t19?,30-/m0/s1. The van der Waals surface area contributed by atoms with Gasteiger partial charge in [-0.2, -0.15) is 10.5 Å². The van der Waals surface area contributed by atoms with Crippen molar-refractivity contribution in [1.82, 2.24) is 25.0 Å². The van der Waals surface area contributed by atoms with Gasteiger partial charge in [0.05, 0.1) is 46.1 Å². The van der Waals surface area contributed by atoms with Crippen molar-refractivity contribution in [3.8, 4) is 12.1 Å². The number of anilines is 2. The first kappa shape index (κ1) is 27.5. The number of nitrogens with one attached hydrogen (secondary N) is 2. The van der Waals surface area contributed by atoms with Crippen LogP contribution >= 0.6 is 0 Å². The van der Waals surface area contributed by atoms with E-state index in [2.05, 4.69) is 63.8 Å². The largest absolute Gasteiger partial charge is 0.383 e. The maximum Gasteiger partial charge on any atom is 0.112 e. The molecule has 5 aromatic rings. The number of nitrogens with zero attached hydrogens (tertiary/aromatic N) is 7. The Kier molecular flexibility index (Phi) is 7.50. The van der Waals surface area contributed by atoms with Crippen molar-refractivity contribution in [2.45, 2.75) is 39.8 Å². The topological polar surface area (TPSA) is 128 Å². The number of nitriles is 2. The highest BCUT2D eigenvalue weighted by Crippen LogP contribution is 2.35. The van der Waals surface area contributed by atoms with Crippen LogP contribution in [0.1, 0.15) is 62.2 Å². The quantitative estimate of drug-likeness (QED) is 0.231. The van der Waals surface area contributed by atoms with Gasteiger partial charge in [0, 0.05) is 35.4 Å². The van der Waals surface area contributed by atoms with Crippen molar-refractivity contribution in [3.63, 3.8) is 0 Å². The fraction of sp³-hybridized carbons (Fsp3) is 0.290. The Morgan fingerprint density at radius 3 is 2.56 bits per heavy atom. The van der Waals surface area contributed by atoms with Gasteiger partial charge in [-0.1, -0.05) is 44.2 Å². The van der Waals surface area contributed by atoms with Crippen molar-refractivity contribution < 1.29 is 4.39 Å². The van der Waals surface area contributed by atoms with E-state index in [4.69, 9.17) is 0 Å². The summed E-state index contributed by atoms with van der Waals surface area (Å²) < 4.78 is 15.0. The number of fused-ring (bicyclic) bond motifs is 2. The molecule has 0 aliphatic heterocycles. The van der Waals surface area contributed by atoms with Crippen LogP contribution in [0, 0.1) is 28.1 Å². The van der Waals surface area contributed by atoms with Gasteiger partial charge >= 0.3 is 0 Å². The molecule has 2 aromatic carbocycles. The number of hydrogen-bond donors (Lipinski definition) is 2. The Morgan fingerprint density at radius 2 is 1.83 bits per heavy atom. The molecule has 0 aliphatic carbocycles. The molecule has 0 fully saturated rings. The van der Waals surface area contributed by atoms with Crippen LogP contribution in [0.5, 0.6) is 0 Å². The Morgan fingerprint density at radius 1 is 1.02 bits per heavy atom. The fourth-order valence-electron chi connectivity index (χ4n) is 4.67. The van der Waals surface area contributed by atoms with Gasteiger partial charge in [-0.25, -0.2) is 9.07 Å². The molecule has 0 saturated carbocycles. The Bertz CT molecular complexity index is 1800. The van der Waals surface area contributed by atoms with Crippen LogP contribution in [-0.4, -0.2) is 38.2 Å². The summed E-state index contributed by atoms with van der Waals surface area (Å²) >= 11 is 0. The van der Waals surface area contributed by atoms with Crippen LogP contribution in [0.3, 0.4) is 0 Å². The van der Waals surface area contributed by atoms with Gasteiger partial charge in [-0.05, 0) is 42.2 Å². The van der Waals surface area contributed by atoms with E-state index in [9.17, 15) is 14.9 Å². The molecule has 10 heteroatoms. The summed E-state index contributed by atoms with van der Waals surface area (Å²) in [4.78, 5) is 8.96. The van der Waals surface area contributed by atoms with Crippen molar-refractivity contribution in [2.24, 2.45) is 5.41 Å². The zero-order valence-electron chi connectivity index (χ0n) is 23.4. The first-order chi connectivity index (χ1) is 19.7. The second kappa shape index (κ2) is 11.2. The molecule has 2 N–H and O–H groups in total. The Labute approximate surface area is 237 Å². The van der Waals surface area contributed by atoms with E-state index in [1.54, 1.807) is 25.4 Å². The van der Waals surface area contributed by atoms with Crippen molar-refractivity contribution >= 4 is 33.2 Å². The van der Waals surface area contributed by atoms with E-state index >= 15 is 0 Å². The second-order valence-electron chi connectivity index (χ2n) is 11.2. The zero-order valence-corrected chi connectivity index (χ0v) is 23.4. The summed E-state index contributed by atoms with van der Waals surface area (Å²) in [6.07, 6.45) is 4.97. The van der Waals surface area contributed by atoms with Crippen molar-refractivity contribution in [1.29, 1.82) is 10.5 Å².